The number of hydrogen-bond donors (Lipinski definition) is 0. The van der Waals surface area contributed by atoms with E-state index in [1.54, 1.807) is 18.3 Å². The van der Waals surface area contributed by atoms with E-state index in [1.807, 2.05) is 6.07 Å². The molecule has 0 saturated carbocycles. The molecule has 1 aromatic rings. The van der Waals surface area contributed by atoms with Crippen molar-refractivity contribution in [2.45, 2.75) is 6.42 Å². The average Bonchev–Trinajstić information content (AvgIpc) is 2.19. The van der Waals surface area contributed by atoms with Gasteiger partial charge in [0.1, 0.15) is 11.8 Å². The molecule has 0 aliphatic carbocycles. The van der Waals surface area contributed by atoms with Gasteiger partial charge in [-0.15, -0.1) is 0 Å². The third-order valence-corrected chi connectivity index (χ3v) is 1.73. The predicted octanol–water partition coefficient (Wildman–Crippen LogP) is 2.09. The van der Waals surface area contributed by atoms with Crippen LogP contribution in [0.3, 0.4) is 0 Å². The molecule has 1 aromatic heterocycles. The molecule has 0 fully saturated rings. The topological polar surface area (TPSA) is 36.7 Å². The second kappa shape index (κ2) is 5.35. The molecule has 1 heterocycles. The molecule has 0 aliphatic rings. The lowest BCUT2D eigenvalue weighted by Crippen LogP contribution is -1.82. The van der Waals surface area contributed by atoms with E-state index in [4.69, 9.17) is 5.26 Å². The first-order chi connectivity index (χ1) is 6.36. The Hall–Kier alpha value is -1.32. The van der Waals surface area contributed by atoms with Crippen LogP contribution < -0.4 is 0 Å². The van der Waals surface area contributed by atoms with Gasteiger partial charge in [0.05, 0.1) is 0 Å². The summed E-state index contributed by atoms with van der Waals surface area (Å²) in [6, 6.07) is 5.42. The Morgan fingerprint density at radius 3 is 2.85 bits per heavy atom. The summed E-state index contributed by atoms with van der Waals surface area (Å²) in [6.45, 7) is 0. The Bertz CT molecular complexity index is 365. The van der Waals surface area contributed by atoms with E-state index in [9.17, 15) is 0 Å². The van der Waals surface area contributed by atoms with Crippen molar-refractivity contribution in [3.8, 4) is 17.9 Å². The molecule has 0 N–H and O–H groups in total. The molecule has 0 amide bonds. The normalized spacial score (nSPS) is 8.31. The van der Waals surface area contributed by atoms with Crippen molar-refractivity contribution in [1.82, 2.24) is 4.98 Å². The second-order valence-electron chi connectivity index (χ2n) is 2.28. The highest BCUT2D eigenvalue weighted by Gasteiger charge is 1.89. The Labute approximate surface area is 85.7 Å². The zero-order chi connectivity index (χ0) is 9.52. The van der Waals surface area contributed by atoms with Crippen molar-refractivity contribution in [2.75, 3.05) is 5.33 Å². The molecular formula is C10H7BrN2. The summed E-state index contributed by atoms with van der Waals surface area (Å²) in [5.41, 5.74) is 1.27. The van der Waals surface area contributed by atoms with Crippen molar-refractivity contribution in [3.63, 3.8) is 0 Å². The molecular weight excluding hydrogens is 228 g/mol. The minimum atomic E-state index is 0.422. The van der Waals surface area contributed by atoms with Crippen molar-refractivity contribution < 1.29 is 0 Å². The van der Waals surface area contributed by atoms with Crippen LogP contribution >= 0.6 is 15.9 Å². The molecule has 0 bridgehead atoms. The van der Waals surface area contributed by atoms with Gasteiger partial charge in [-0.25, -0.2) is 4.98 Å². The average molecular weight is 235 g/mol. The predicted molar refractivity (Wildman–Crippen MR) is 54.2 cm³/mol. The first-order valence-electron chi connectivity index (χ1n) is 3.78. The van der Waals surface area contributed by atoms with Crippen molar-refractivity contribution in [3.05, 3.63) is 29.6 Å². The fourth-order valence-corrected chi connectivity index (χ4v) is 0.944. The van der Waals surface area contributed by atoms with E-state index >= 15 is 0 Å². The van der Waals surface area contributed by atoms with Gasteiger partial charge in [0, 0.05) is 23.5 Å². The van der Waals surface area contributed by atoms with E-state index in [1.165, 1.54) is 0 Å². The molecule has 1 rings (SSSR count). The van der Waals surface area contributed by atoms with Crippen LogP contribution in [-0.4, -0.2) is 10.3 Å². The fourth-order valence-electron chi connectivity index (χ4n) is 0.746. The van der Waals surface area contributed by atoms with Crippen LogP contribution in [0.2, 0.25) is 0 Å². The third-order valence-electron chi connectivity index (χ3n) is 1.33. The molecule has 0 atom stereocenters. The highest BCUT2D eigenvalue weighted by molar-refractivity contribution is 9.09. The van der Waals surface area contributed by atoms with Crippen LogP contribution in [0.1, 0.15) is 17.7 Å². The van der Waals surface area contributed by atoms with Gasteiger partial charge in [-0.1, -0.05) is 27.8 Å². The van der Waals surface area contributed by atoms with Crippen molar-refractivity contribution in [2.24, 2.45) is 0 Å². The molecule has 3 heteroatoms. The van der Waals surface area contributed by atoms with Gasteiger partial charge in [-0.3, -0.25) is 0 Å². The molecule has 0 spiro atoms. The van der Waals surface area contributed by atoms with E-state index in [-0.39, 0.29) is 0 Å². The summed E-state index contributed by atoms with van der Waals surface area (Å²) in [5, 5.41) is 9.37. The van der Waals surface area contributed by atoms with Gasteiger partial charge < -0.3 is 0 Å². The maximum Gasteiger partial charge on any atom is 0.140 e. The lowest BCUT2D eigenvalue weighted by Gasteiger charge is -1.88. The van der Waals surface area contributed by atoms with Gasteiger partial charge in [-0.2, -0.15) is 5.26 Å². The Morgan fingerprint density at radius 1 is 1.46 bits per heavy atom. The zero-order valence-electron chi connectivity index (χ0n) is 6.92. The lowest BCUT2D eigenvalue weighted by molar-refractivity contribution is 1.25. The third kappa shape index (κ3) is 3.27. The molecule has 2 nitrogen and oxygen atoms in total. The zero-order valence-corrected chi connectivity index (χ0v) is 8.50. The maximum absolute atomic E-state index is 8.49. The highest BCUT2D eigenvalue weighted by atomic mass is 79.9. The number of rotatable bonds is 1. The second-order valence-corrected chi connectivity index (χ2v) is 3.08. The van der Waals surface area contributed by atoms with Gasteiger partial charge in [0.25, 0.3) is 0 Å². The SMILES string of the molecule is N#Cc1ccc(C#CCCBr)cn1. The number of aromatic nitrogens is 1. The monoisotopic (exact) mass is 234 g/mol. The van der Waals surface area contributed by atoms with Gasteiger partial charge in [0.2, 0.25) is 0 Å². The Morgan fingerprint density at radius 2 is 2.31 bits per heavy atom. The summed E-state index contributed by atoms with van der Waals surface area (Å²) in [6.07, 6.45) is 2.43. The van der Waals surface area contributed by atoms with Gasteiger partial charge in [0.15, 0.2) is 0 Å². The standard InChI is InChI=1S/C10H7BrN2/c11-6-2-1-3-9-4-5-10(7-12)13-8-9/h4-5,8H,2,6H2. The highest BCUT2D eigenvalue weighted by Crippen LogP contribution is 1.97. The molecule has 0 aliphatic heterocycles. The van der Waals surface area contributed by atoms with Crippen molar-refractivity contribution in [1.29, 1.82) is 5.26 Å². The number of pyridine rings is 1. The van der Waals surface area contributed by atoms with Crippen LogP contribution in [-0.2, 0) is 0 Å². The molecule has 0 saturated heterocycles. The van der Waals surface area contributed by atoms with Crippen molar-refractivity contribution >= 4 is 15.9 Å². The summed E-state index contributed by atoms with van der Waals surface area (Å²) in [5.74, 6) is 5.91. The first kappa shape index (κ1) is 9.77. The summed E-state index contributed by atoms with van der Waals surface area (Å²) >= 11 is 3.28. The number of alkyl halides is 1. The van der Waals surface area contributed by atoms with Crippen LogP contribution in [0.25, 0.3) is 0 Å². The first-order valence-corrected chi connectivity index (χ1v) is 4.90. The minimum absolute atomic E-state index is 0.422. The number of nitrogens with zero attached hydrogens (tertiary/aromatic N) is 2. The Kier molecular flexibility index (Phi) is 4.02. The Balaban J connectivity index is 2.72. The summed E-state index contributed by atoms with van der Waals surface area (Å²) < 4.78 is 0. The van der Waals surface area contributed by atoms with E-state index in [0.717, 1.165) is 17.3 Å². The summed E-state index contributed by atoms with van der Waals surface area (Å²) in [7, 11) is 0. The van der Waals surface area contributed by atoms with E-state index < -0.39 is 0 Å². The molecule has 0 unspecified atom stereocenters. The van der Waals surface area contributed by atoms with Crippen LogP contribution in [0.4, 0.5) is 0 Å². The summed E-state index contributed by atoms with van der Waals surface area (Å²) in [4.78, 5) is 3.90. The maximum atomic E-state index is 8.49. The smallest absolute Gasteiger partial charge is 0.140 e. The number of halogens is 1. The quantitative estimate of drug-likeness (QED) is 0.552. The van der Waals surface area contributed by atoms with E-state index in [0.29, 0.717) is 5.69 Å². The largest absolute Gasteiger partial charge is 0.244 e. The van der Waals surface area contributed by atoms with Crippen LogP contribution in [0, 0.1) is 23.2 Å². The molecule has 13 heavy (non-hydrogen) atoms. The number of hydrogen-bond acceptors (Lipinski definition) is 2. The van der Waals surface area contributed by atoms with Gasteiger partial charge in [-0.05, 0) is 12.1 Å². The minimum Gasteiger partial charge on any atom is -0.244 e. The molecule has 0 radical (unpaired) electrons. The van der Waals surface area contributed by atoms with E-state index in [2.05, 4.69) is 32.8 Å². The van der Waals surface area contributed by atoms with Crippen LogP contribution in [0.5, 0.6) is 0 Å². The molecule has 64 valence electrons. The lowest BCUT2D eigenvalue weighted by atomic mass is 10.2. The number of nitriles is 1. The van der Waals surface area contributed by atoms with Crippen LogP contribution in [0.15, 0.2) is 18.3 Å². The fraction of sp³-hybridized carbons (Fsp3) is 0.200. The van der Waals surface area contributed by atoms with Gasteiger partial charge >= 0.3 is 0 Å². The molecule has 0 aromatic carbocycles.